The van der Waals surface area contributed by atoms with Crippen LogP contribution in [0.25, 0.3) is 0 Å². The van der Waals surface area contributed by atoms with E-state index < -0.39 is 0 Å². The number of ether oxygens (including phenoxy) is 1. The lowest BCUT2D eigenvalue weighted by molar-refractivity contribution is -0.124. The highest BCUT2D eigenvalue weighted by Crippen LogP contribution is 2.63. The molecule has 0 heterocycles. The van der Waals surface area contributed by atoms with Gasteiger partial charge in [-0.15, -0.1) is 0 Å². The van der Waals surface area contributed by atoms with Crippen LogP contribution in [-0.4, -0.2) is 12.9 Å². The zero-order chi connectivity index (χ0) is 17.3. The van der Waals surface area contributed by atoms with Crippen molar-refractivity contribution in [2.24, 2.45) is 22.7 Å². The summed E-state index contributed by atoms with van der Waals surface area (Å²) in [5, 5.41) is 0. The maximum absolute atomic E-state index is 12.8. The van der Waals surface area contributed by atoms with Crippen molar-refractivity contribution in [3.05, 3.63) is 59.4 Å². The summed E-state index contributed by atoms with van der Waals surface area (Å²) in [7, 11) is 1.76. The molecule has 24 heavy (non-hydrogen) atoms. The van der Waals surface area contributed by atoms with Crippen LogP contribution in [0.5, 0.6) is 0 Å². The average Bonchev–Trinajstić information content (AvgIpc) is 2.75. The van der Waals surface area contributed by atoms with Gasteiger partial charge in [-0.1, -0.05) is 44.7 Å². The van der Waals surface area contributed by atoms with E-state index in [1.165, 1.54) is 11.1 Å². The quantitative estimate of drug-likeness (QED) is 0.506. The lowest BCUT2D eigenvalue weighted by Crippen LogP contribution is -2.43. The number of hydrogen-bond donors (Lipinski definition) is 0. The first-order chi connectivity index (χ1) is 11.3. The molecule has 0 amide bonds. The van der Waals surface area contributed by atoms with Crippen LogP contribution in [0.1, 0.15) is 39.5 Å². The third-order valence-electron chi connectivity index (χ3n) is 7.11. The number of allylic oxidation sites excluding steroid dienone is 8. The predicted octanol–water partition coefficient (Wildman–Crippen LogP) is 4.91. The van der Waals surface area contributed by atoms with Crippen molar-refractivity contribution >= 4 is 5.78 Å². The summed E-state index contributed by atoms with van der Waals surface area (Å²) >= 11 is 0. The zero-order valence-electron chi connectivity index (χ0n) is 14.9. The smallest absolute Gasteiger partial charge is 0.169 e. The first-order valence-electron chi connectivity index (χ1n) is 8.91. The van der Waals surface area contributed by atoms with Crippen molar-refractivity contribution < 1.29 is 9.53 Å². The first-order valence-corrected chi connectivity index (χ1v) is 8.91. The number of Topliss-reactive ketones (excluding diaryl/α,β-unsaturated/α-hetero) is 1. The van der Waals surface area contributed by atoms with Crippen molar-refractivity contribution in [1.82, 2.24) is 0 Å². The molecule has 1 saturated carbocycles. The van der Waals surface area contributed by atoms with Gasteiger partial charge in [0.25, 0.3) is 0 Å². The summed E-state index contributed by atoms with van der Waals surface area (Å²) in [6.45, 7) is 12.8. The topological polar surface area (TPSA) is 26.3 Å². The molecule has 0 saturated heterocycles. The molecule has 0 bridgehead atoms. The molecule has 0 aliphatic heterocycles. The van der Waals surface area contributed by atoms with Gasteiger partial charge in [-0.3, -0.25) is 4.79 Å². The van der Waals surface area contributed by atoms with Crippen LogP contribution in [0, 0.1) is 22.7 Å². The molecule has 1 fully saturated rings. The minimum Gasteiger partial charge on any atom is -0.501 e. The van der Waals surface area contributed by atoms with Gasteiger partial charge in [-0.2, -0.15) is 0 Å². The molecule has 0 aromatic rings. The summed E-state index contributed by atoms with van der Waals surface area (Å²) in [4.78, 5) is 12.8. The maximum Gasteiger partial charge on any atom is 0.169 e. The van der Waals surface area contributed by atoms with Crippen LogP contribution in [0.4, 0.5) is 0 Å². The van der Waals surface area contributed by atoms with E-state index in [0.717, 1.165) is 37.0 Å². The first kappa shape index (κ1) is 15.7. The van der Waals surface area contributed by atoms with Gasteiger partial charge in [0, 0.05) is 28.7 Å². The largest absolute Gasteiger partial charge is 0.501 e. The second-order valence-electron chi connectivity index (χ2n) is 8.24. The summed E-state index contributed by atoms with van der Waals surface area (Å²) in [6.07, 6.45) is 10.8. The minimum absolute atomic E-state index is 0.0690. The van der Waals surface area contributed by atoms with E-state index in [1.54, 1.807) is 7.11 Å². The second kappa shape index (κ2) is 4.84. The molecule has 0 aromatic carbocycles. The number of hydrogen-bond acceptors (Lipinski definition) is 2. The van der Waals surface area contributed by atoms with Crippen LogP contribution < -0.4 is 0 Å². The van der Waals surface area contributed by atoms with E-state index in [4.69, 9.17) is 4.74 Å². The van der Waals surface area contributed by atoms with Gasteiger partial charge in [0.15, 0.2) is 5.78 Å². The van der Waals surface area contributed by atoms with Crippen molar-refractivity contribution in [1.29, 1.82) is 0 Å². The minimum atomic E-state index is -0.341. The number of fused-ring (bicyclic) bond motifs is 5. The Morgan fingerprint density at radius 3 is 2.71 bits per heavy atom. The van der Waals surface area contributed by atoms with E-state index in [-0.39, 0.29) is 22.5 Å². The highest BCUT2D eigenvalue weighted by Gasteiger charge is 2.57. The Bertz CT molecular complexity index is 763. The average molecular weight is 322 g/mol. The van der Waals surface area contributed by atoms with E-state index >= 15 is 0 Å². The van der Waals surface area contributed by atoms with Crippen molar-refractivity contribution in [2.45, 2.75) is 39.5 Å². The van der Waals surface area contributed by atoms with Gasteiger partial charge in [0.2, 0.25) is 0 Å². The van der Waals surface area contributed by atoms with Gasteiger partial charge in [0.1, 0.15) is 0 Å². The van der Waals surface area contributed by atoms with Crippen LogP contribution >= 0.6 is 0 Å². The SMILES string of the molecule is C=C1C(=C)[C@H]2[C@@H]3CC=C4C=C(OC)CC[C@]4(C)C3=CC[C@]2(C)C1=O. The van der Waals surface area contributed by atoms with E-state index in [9.17, 15) is 4.79 Å². The van der Waals surface area contributed by atoms with Crippen LogP contribution in [0.15, 0.2) is 59.4 Å². The molecule has 4 atom stereocenters. The second-order valence-corrected chi connectivity index (χ2v) is 8.24. The number of carbonyl (C=O) groups is 1. The molecule has 0 radical (unpaired) electrons. The Labute approximate surface area is 144 Å². The van der Waals surface area contributed by atoms with Gasteiger partial charge in [-0.05, 0) is 42.4 Å². The van der Waals surface area contributed by atoms with Crippen LogP contribution in [0.2, 0.25) is 0 Å². The Morgan fingerprint density at radius 2 is 2.00 bits per heavy atom. The molecule has 0 aromatic heterocycles. The van der Waals surface area contributed by atoms with E-state index in [1.807, 2.05) is 0 Å². The number of rotatable bonds is 1. The molecule has 2 heteroatoms. The molecule has 0 N–H and O–H groups in total. The molecule has 4 aliphatic carbocycles. The van der Waals surface area contributed by atoms with E-state index in [0.29, 0.717) is 11.5 Å². The normalized spacial score (nSPS) is 41.0. The molecule has 4 aliphatic rings. The Balaban J connectivity index is 1.81. The number of ketones is 1. The van der Waals surface area contributed by atoms with Crippen molar-refractivity contribution in [3.63, 3.8) is 0 Å². The lowest BCUT2D eigenvalue weighted by atomic mass is 9.53. The molecule has 126 valence electrons. The monoisotopic (exact) mass is 322 g/mol. The fourth-order valence-corrected chi connectivity index (χ4v) is 5.59. The Hall–Kier alpha value is -1.83. The lowest BCUT2D eigenvalue weighted by Gasteiger charge is -2.50. The standard InChI is InChI=1S/C22H26O2/c1-13-14(2)20(23)22(4)11-9-18-17(19(13)22)7-6-15-12-16(24-5)8-10-21(15,18)3/h6,9,12,17,19H,1-2,7-8,10-11H2,3-5H3/t17-,19+,21+,22+/m1/s1. The fourth-order valence-electron chi connectivity index (χ4n) is 5.59. The Morgan fingerprint density at radius 1 is 1.25 bits per heavy atom. The van der Waals surface area contributed by atoms with Gasteiger partial charge < -0.3 is 4.74 Å². The van der Waals surface area contributed by atoms with E-state index in [2.05, 4.69) is 45.2 Å². The van der Waals surface area contributed by atoms with Crippen LogP contribution in [0.3, 0.4) is 0 Å². The summed E-state index contributed by atoms with van der Waals surface area (Å²) in [5.41, 5.74) is 4.25. The highest BCUT2D eigenvalue weighted by atomic mass is 16.5. The summed E-state index contributed by atoms with van der Waals surface area (Å²) in [6, 6.07) is 0. The van der Waals surface area contributed by atoms with Gasteiger partial charge >= 0.3 is 0 Å². The maximum atomic E-state index is 12.8. The summed E-state index contributed by atoms with van der Waals surface area (Å²) in [5.74, 6) is 1.87. The number of methoxy groups -OCH3 is 1. The molecule has 0 unspecified atom stereocenters. The van der Waals surface area contributed by atoms with Crippen molar-refractivity contribution in [3.8, 4) is 0 Å². The third-order valence-corrected chi connectivity index (χ3v) is 7.11. The van der Waals surface area contributed by atoms with Gasteiger partial charge in [-0.25, -0.2) is 0 Å². The fraction of sp³-hybridized carbons (Fsp3) is 0.500. The Kier molecular flexibility index (Phi) is 3.16. The van der Waals surface area contributed by atoms with Crippen LogP contribution in [-0.2, 0) is 9.53 Å². The predicted molar refractivity (Wildman–Crippen MR) is 96.2 cm³/mol. The number of carbonyl (C=O) groups excluding carboxylic acids is 1. The zero-order valence-corrected chi connectivity index (χ0v) is 14.9. The molecular formula is C22H26O2. The molecule has 0 spiro atoms. The molecule has 4 rings (SSSR count). The molecule has 2 nitrogen and oxygen atoms in total. The highest BCUT2D eigenvalue weighted by molar-refractivity contribution is 6.07. The molecular weight excluding hydrogens is 296 g/mol. The van der Waals surface area contributed by atoms with Crippen molar-refractivity contribution in [2.75, 3.05) is 7.11 Å². The third kappa shape index (κ3) is 1.75. The summed E-state index contributed by atoms with van der Waals surface area (Å²) < 4.78 is 5.48. The van der Waals surface area contributed by atoms with Gasteiger partial charge in [0.05, 0.1) is 12.9 Å².